The van der Waals surface area contributed by atoms with Gasteiger partial charge in [0.15, 0.2) is 0 Å². The lowest BCUT2D eigenvalue weighted by Crippen LogP contribution is -2.39. The van der Waals surface area contributed by atoms with E-state index in [2.05, 4.69) is 14.9 Å². The molecule has 5 nitrogen and oxygen atoms in total. The summed E-state index contributed by atoms with van der Waals surface area (Å²) in [5, 5.41) is 0.725. The van der Waals surface area contributed by atoms with Crippen molar-refractivity contribution < 1.29 is 4.74 Å². The van der Waals surface area contributed by atoms with Gasteiger partial charge in [0.2, 0.25) is 5.95 Å². The van der Waals surface area contributed by atoms with Crippen LogP contribution in [-0.4, -0.2) is 29.7 Å². The molecule has 1 unspecified atom stereocenters. The summed E-state index contributed by atoms with van der Waals surface area (Å²) in [5.74, 6) is 1.13. The van der Waals surface area contributed by atoms with Crippen LogP contribution in [0.15, 0.2) is 30.3 Å². The third kappa shape index (κ3) is 3.09. The zero-order valence-electron chi connectivity index (χ0n) is 11.8. The maximum Gasteiger partial charge on any atom is 0.222 e. The number of hydrogen-bond donors (Lipinski definition) is 1. The number of nitrogen functional groups attached to an aromatic ring is 1. The summed E-state index contributed by atoms with van der Waals surface area (Å²) in [5.41, 5.74) is 7.60. The minimum absolute atomic E-state index is 0.0658. The van der Waals surface area contributed by atoms with E-state index < -0.39 is 0 Å². The lowest BCUT2D eigenvalue weighted by atomic mass is 10.1. The Balaban J connectivity index is 1.84. The van der Waals surface area contributed by atoms with Crippen molar-refractivity contribution in [3.05, 3.63) is 46.6 Å². The first kappa shape index (κ1) is 14.1. The fourth-order valence-corrected chi connectivity index (χ4v) is 2.78. The Morgan fingerprint density at radius 2 is 2.14 bits per heavy atom. The monoisotopic (exact) mass is 304 g/mol. The maximum atomic E-state index is 6.26. The summed E-state index contributed by atoms with van der Waals surface area (Å²) in [6, 6.07) is 9.70. The fourth-order valence-electron chi connectivity index (χ4n) is 2.52. The predicted octanol–water partition coefficient (Wildman–Crippen LogP) is 2.60. The van der Waals surface area contributed by atoms with Crippen LogP contribution in [0.1, 0.15) is 17.4 Å². The highest BCUT2D eigenvalue weighted by Gasteiger charge is 2.24. The second-order valence-corrected chi connectivity index (χ2v) is 5.46. The predicted molar refractivity (Wildman–Crippen MR) is 83.5 cm³/mol. The minimum atomic E-state index is -0.0658. The van der Waals surface area contributed by atoms with E-state index in [4.69, 9.17) is 22.1 Å². The van der Waals surface area contributed by atoms with Crippen LogP contribution in [-0.2, 0) is 4.74 Å². The molecule has 0 bridgehead atoms. The number of halogens is 1. The second kappa shape index (κ2) is 5.87. The lowest BCUT2D eigenvalue weighted by Gasteiger charge is -2.34. The lowest BCUT2D eigenvalue weighted by molar-refractivity contribution is 0.0396. The standard InChI is InChI=1S/C15H17ClN4O/c1-10-8-14(19-15(17)18-10)20-6-7-21-13(9-20)11-4-2-3-5-12(11)16/h2-5,8,13H,6-7,9H2,1H3,(H2,17,18,19). The number of nitrogens with zero attached hydrogens (tertiary/aromatic N) is 3. The number of aromatic nitrogens is 2. The molecule has 3 rings (SSSR count). The number of nitrogens with two attached hydrogens (primary N) is 1. The highest BCUT2D eigenvalue weighted by Crippen LogP contribution is 2.30. The van der Waals surface area contributed by atoms with E-state index in [1.165, 1.54) is 0 Å². The van der Waals surface area contributed by atoms with Gasteiger partial charge in [-0.05, 0) is 13.0 Å². The number of hydrogen-bond acceptors (Lipinski definition) is 5. The summed E-state index contributed by atoms with van der Waals surface area (Å²) in [7, 11) is 0. The molecule has 1 fully saturated rings. The van der Waals surface area contributed by atoms with Crippen LogP contribution in [0.4, 0.5) is 11.8 Å². The minimum Gasteiger partial charge on any atom is -0.370 e. The largest absolute Gasteiger partial charge is 0.370 e. The molecule has 2 heterocycles. The van der Waals surface area contributed by atoms with Gasteiger partial charge >= 0.3 is 0 Å². The average molecular weight is 305 g/mol. The van der Waals surface area contributed by atoms with Gasteiger partial charge in [0.25, 0.3) is 0 Å². The van der Waals surface area contributed by atoms with Crippen LogP contribution in [0.25, 0.3) is 0 Å². The van der Waals surface area contributed by atoms with Crippen LogP contribution in [0.3, 0.4) is 0 Å². The third-order valence-corrected chi connectivity index (χ3v) is 3.84. The third-order valence-electron chi connectivity index (χ3n) is 3.50. The summed E-state index contributed by atoms with van der Waals surface area (Å²) in [6.45, 7) is 4.00. The van der Waals surface area contributed by atoms with Crippen LogP contribution >= 0.6 is 11.6 Å². The average Bonchev–Trinajstić information content (AvgIpc) is 2.47. The number of anilines is 2. The molecule has 0 aliphatic carbocycles. The van der Waals surface area contributed by atoms with Gasteiger partial charge in [-0.25, -0.2) is 4.98 Å². The van der Waals surface area contributed by atoms with E-state index >= 15 is 0 Å². The van der Waals surface area contributed by atoms with E-state index in [1.54, 1.807) is 0 Å². The highest BCUT2D eigenvalue weighted by molar-refractivity contribution is 6.31. The summed E-state index contributed by atoms with van der Waals surface area (Å²) >= 11 is 6.26. The quantitative estimate of drug-likeness (QED) is 0.924. The van der Waals surface area contributed by atoms with E-state index in [-0.39, 0.29) is 6.10 Å². The molecular formula is C15H17ClN4O. The van der Waals surface area contributed by atoms with Crippen molar-refractivity contribution in [3.63, 3.8) is 0 Å². The molecule has 0 amide bonds. The van der Waals surface area contributed by atoms with Gasteiger partial charge in [-0.3, -0.25) is 0 Å². The molecule has 2 N–H and O–H groups in total. The first-order chi connectivity index (χ1) is 10.1. The van der Waals surface area contributed by atoms with Crippen LogP contribution in [0, 0.1) is 6.92 Å². The first-order valence-electron chi connectivity index (χ1n) is 6.85. The van der Waals surface area contributed by atoms with E-state index in [0.717, 1.165) is 28.6 Å². The zero-order chi connectivity index (χ0) is 14.8. The smallest absolute Gasteiger partial charge is 0.222 e. The SMILES string of the molecule is Cc1cc(N2CCOC(c3ccccc3Cl)C2)nc(N)n1. The zero-order valence-corrected chi connectivity index (χ0v) is 12.5. The molecule has 1 aliphatic heterocycles. The van der Waals surface area contributed by atoms with Crippen molar-refractivity contribution in [2.45, 2.75) is 13.0 Å². The van der Waals surface area contributed by atoms with Gasteiger partial charge < -0.3 is 15.4 Å². The number of benzene rings is 1. The van der Waals surface area contributed by atoms with Gasteiger partial charge in [-0.1, -0.05) is 29.8 Å². The molecule has 1 aliphatic rings. The second-order valence-electron chi connectivity index (χ2n) is 5.05. The van der Waals surface area contributed by atoms with Crippen molar-refractivity contribution >= 4 is 23.4 Å². The Bertz CT molecular complexity index is 629. The van der Waals surface area contributed by atoms with Crippen molar-refractivity contribution in [2.75, 3.05) is 30.3 Å². The Hall–Kier alpha value is -1.85. The first-order valence-corrected chi connectivity index (χ1v) is 7.23. The Morgan fingerprint density at radius 1 is 1.33 bits per heavy atom. The van der Waals surface area contributed by atoms with Crippen LogP contribution < -0.4 is 10.6 Å². The van der Waals surface area contributed by atoms with Crippen molar-refractivity contribution in [3.8, 4) is 0 Å². The van der Waals surface area contributed by atoms with E-state index in [0.29, 0.717) is 19.1 Å². The Kier molecular flexibility index (Phi) is 3.94. The van der Waals surface area contributed by atoms with Crippen molar-refractivity contribution in [1.29, 1.82) is 0 Å². The van der Waals surface area contributed by atoms with E-state index in [9.17, 15) is 0 Å². The molecule has 6 heteroatoms. The summed E-state index contributed by atoms with van der Waals surface area (Å²) in [4.78, 5) is 10.6. The summed E-state index contributed by atoms with van der Waals surface area (Å²) in [6.07, 6.45) is -0.0658. The van der Waals surface area contributed by atoms with Crippen LogP contribution in [0.2, 0.25) is 5.02 Å². The Morgan fingerprint density at radius 3 is 2.90 bits per heavy atom. The number of morpholine rings is 1. The molecule has 0 spiro atoms. The molecule has 2 aromatic rings. The molecular weight excluding hydrogens is 288 g/mol. The molecule has 0 saturated carbocycles. The van der Waals surface area contributed by atoms with Gasteiger partial charge in [-0.2, -0.15) is 4.98 Å². The highest BCUT2D eigenvalue weighted by atomic mass is 35.5. The molecule has 1 aromatic carbocycles. The number of rotatable bonds is 2. The van der Waals surface area contributed by atoms with Crippen molar-refractivity contribution in [1.82, 2.24) is 9.97 Å². The fraction of sp³-hybridized carbons (Fsp3) is 0.333. The van der Waals surface area contributed by atoms with Gasteiger partial charge in [0.05, 0.1) is 6.61 Å². The topological polar surface area (TPSA) is 64.3 Å². The number of ether oxygens (including phenoxy) is 1. The molecule has 0 radical (unpaired) electrons. The Labute approximate surface area is 128 Å². The molecule has 1 atom stereocenters. The van der Waals surface area contributed by atoms with Crippen molar-refractivity contribution in [2.24, 2.45) is 0 Å². The van der Waals surface area contributed by atoms with Gasteiger partial charge in [0, 0.05) is 35.4 Å². The summed E-state index contributed by atoms with van der Waals surface area (Å²) < 4.78 is 5.86. The van der Waals surface area contributed by atoms with E-state index in [1.807, 2.05) is 37.3 Å². The molecule has 21 heavy (non-hydrogen) atoms. The molecule has 1 aromatic heterocycles. The van der Waals surface area contributed by atoms with Gasteiger partial charge in [-0.15, -0.1) is 0 Å². The number of aryl methyl sites for hydroxylation is 1. The normalized spacial score (nSPS) is 18.8. The maximum absolute atomic E-state index is 6.26. The molecule has 1 saturated heterocycles. The van der Waals surface area contributed by atoms with Crippen LogP contribution in [0.5, 0.6) is 0 Å². The van der Waals surface area contributed by atoms with Gasteiger partial charge in [0.1, 0.15) is 11.9 Å². The molecule has 110 valence electrons.